The summed E-state index contributed by atoms with van der Waals surface area (Å²) >= 11 is 0. The van der Waals surface area contributed by atoms with Gasteiger partial charge in [0.25, 0.3) is 11.6 Å². The van der Waals surface area contributed by atoms with Crippen molar-refractivity contribution in [3.05, 3.63) is 33.4 Å². The second kappa shape index (κ2) is 6.86. The number of hydrogen-bond acceptors (Lipinski definition) is 5. The van der Waals surface area contributed by atoms with Gasteiger partial charge in [-0.1, -0.05) is 6.92 Å². The van der Waals surface area contributed by atoms with Crippen LogP contribution < -0.4 is 4.74 Å². The van der Waals surface area contributed by atoms with Gasteiger partial charge in [0, 0.05) is 18.7 Å². The van der Waals surface area contributed by atoms with E-state index in [0.29, 0.717) is 5.56 Å². The average molecular weight is 336 g/mol. The van der Waals surface area contributed by atoms with Crippen LogP contribution in [0.3, 0.4) is 0 Å². The molecule has 1 aliphatic carbocycles. The Morgan fingerprint density at radius 2 is 2.08 bits per heavy atom. The van der Waals surface area contributed by atoms with Crippen LogP contribution in [0.2, 0.25) is 0 Å². The molecule has 1 amide bonds. The van der Waals surface area contributed by atoms with Crippen LogP contribution in [-0.4, -0.2) is 46.5 Å². The van der Waals surface area contributed by atoms with Gasteiger partial charge in [-0.25, -0.2) is 0 Å². The predicted molar refractivity (Wildman–Crippen MR) is 85.2 cm³/mol. The molecule has 0 radical (unpaired) electrons. The van der Waals surface area contributed by atoms with Crippen molar-refractivity contribution in [1.29, 1.82) is 0 Å². The average Bonchev–Trinajstić information content (AvgIpc) is 3.36. The summed E-state index contributed by atoms with van der Waals surface area (Å²) in [6.07, 6.45) is 1.62. The fraction of sp³-hybridized carbons (Fsp3) is 0.500. The number of carboxylic acid groups (broad SMARTS) is 1. The smallest absolute Gasteiger partial charge is 0.308 e. The highest BCUT2D eigenvalue weighted by atomic mass is 16.6. The van der Waals surface area contributed by atoms with Gasteiger partial charge in [0.15, 0.2) is 0 Å². The quantitative estimate of drug-likeness (QED) is 0.604. The van der Waals surface area contributed by atoms with Gasteiger partial charge in [0.05, 0.1) is 29.1 Å². The number of nitro benzene ring substituents is 1. The molecule has 0 aromatic heterocycles. The predicted octanol–water partition coefficient (Wildman–Crippen LogP) is 2.24. The second-order valence-electron chi connectivity index (χ2n) is 6.01. The first kappa shape index (κ1) is 17.7. The number of carbonyl (C=O) groups is 2. The summed E-state index contributed by atoms with van der Waals surface area (Å²) in [7, 11) is 1.38. The Morgan fingerprint density at radius 3 is 2.54 bits per heavy atom. The largest absolute Gasteiger partial charge is 0.496 e. The van der Waals surface area contributed by atoms with E-state index in [1.807, 2.05) is 0 Å². The molecule has 8 nitrogen and oxygen atoms in total. The zero-order valence-corrected chi connectivity index (χ0v) is 13.8. The first-order chi connectivity index (χ1) is 11.3. The molecule has 0 bridgehead atoms. The first-order valence-electron chi connectivity index (χ1n) is 7.63. The van der Waals surface area contributed by atoms with E-state index in [1.165, 1.54) is 31.1 Å². The molecular formula is C16H20N2O6. The zero-order chi connectivity index (χ0) is 18.0. The van der Waals surface area contributed by atoms with Crippen molar-refractivity contribution in [2.45, 2.75) is 32.7 Å². The molecule has 0 saturated heterocycles. The molecule has 1 aliphatic rings. The Hall–Kier alpha value is -2.64. The molecule has 2 rings (SSSR count). The lowest BCUT2D eigenvalue weighted by Crippen LogP contribution is -2.38. The van der Waals surface area contributed by atoms with Crippen molar-refractivity contribution >= 4 is 17.6 Å². The molecule has 24 heavy (non-hydrogen) atoms. The van der Waals surface area contributed by atoms with Crippen molar-refractivity contribution in [3.8, 4) is 5.75 Å². The highest BCUT2D eigenvalue weighted by Gasteiger charge is 2.35. The van der Waals surface area contributed by atoms with E-state index < -0.39 is 22.7 Å². The van der Waals surface area contributed by atoms with Crippen molar-refractivity contribution < 1.29 is 24.4 Å². The van der Waals surface area contributed by atoms with Crippen molar-refractivity contribution in [2.75, 3.05) is 13.7 Å². The second-order valence-corrected chi connectivity index (χ2v) is 6.01. The van der Waals surface area contributed by atoms with E-state index in [-0.39, 0.29) is 29.6 Å². The van der Waals surface area contributed by atoms with Crippen molar-refractivity contribution in [2.24, 2.45) is 5.92 Å². The Labute approximate surface area is 139 Å². The van der Waals surface area contributed by atoms with Gasteiger partial charge < -0.3 is 14.7 Å². The Kier molecular flexibility index (Phi) is 5.06. The maximum Gasteiger partial charge on any atom is 0.308 e. The SMILES string of the molecule is COc1cc(C(=O)N(CC(C)C(=O)O)C2CC2)cc([N+](=O)[O-])c1C. The number of nitro groups is 1. The van der Waals surface area contributed by atoms with Gasteiger partial charge in [-0.2, -0.15) is 0 Å². The summed E-state index contributed by atoms with van der Waals surface area (Å²) in [5, 5.41) is 20.3. The van der Waals surface area contributed by atoms with E-state index in [9.17, 15) is 19.7 Å². The third-order valence-corrected chi connectivity index (χ3v) is 4.14. The summed E-state index contributed by atoms with van der Waals surface area (Å²) < 4.78 is 5.13. The maximum absolute atomic E-state index is 12.8. The number of carboxylic acids is 1. The molecule has 0 heterocycles. The van der Waals surface area contributed by atoms with Gasteiger partial charge in [-0.3, -0.25) is 19.7 Å². The van der Waals surface area contributed by atoms with Gasteiger partial charge >= 0.3 is 5.97 Å². The first-order valence-corrected chi connectivity index (χ1v) is 7.63. The van der Waals surface area contributed by atoms with E-state index in [0.717, 1.165) is 12.8 Å². The number of rotatable bonds is 7. The number of nitrogens with zero attached hydrogens (tertiary/aromatic N) is 2. The summed E-state index contributed by atoms with van der Waals surface area (Å²) in [5.41, 5.74) is 0.282. The minimum Gasteiger partial charge on any atom is -0.496 e. The van der Waals surface area contributed by atoms with Crippen LogP contribution in [0.5, 0.6) is 5.75 Å². The molecule has 1 aromatic rings. The Balaban J connectivity index is 2.37. The monoisotopic (exact) mass is 336 g/mol. The van der Waals surface area contributed by atoms with E-state index in [2.05, 4.69) is 0 Å². The molecule has 1 aromatic carbocycles. The van der Waals surface area contributed by atoms with Gasteiger partial charge in [0.2, 0.25) is 0 Å². The van der Waals surface area contributed by atoms with Crippen LogP contribution in [0.1, 0.15) is 35.7 Å². The topological polar surface area (TPSA) is 110 Å². The normalized spacial score (nSPS) is 14.8. The lowest BCUT2D eigenvalue weighted by atomic mass is 10.1. The highest BCUT2D eigenvalue weighted by Crippen LogP contribution is 2.33. The number of benzene rings is 1. The van der Waals surface area contributed by atoms with Crippen LogP contribution >= 0.6 is 0 Å². The number of methoxy groups -OCH3 is 1. The molecule has 1 atom stereocenters. The van der Waals surface area contributed by atoms with Crippen LogP contribution in [0.15, 0.2) is 12.1 Å². The fourth-order valence-electron chi connectivity index (χ4n) is 2.52. The molecule has 130 valence electrons. The van der Waals surface area contributed by atoms with Crippen LogP contribution in [-0.2, 0) is 4.79 Å². The third-order valence-electron chi connectivity index (χ3n) is 4.14. The molecular weight excluding hydrogens is 316 g/mol. The molecule has 1 N–H and O–H groups in total. The summed E-state index contributed by atoms with van der Waals surface area (Å²) in [4.78, 5) is 36.0. The molecule has 1 unspecified atom stereocenters. The maximum atomic E-state index is 12.8. The lowest BCUT2D eigenvalue weighted by Gasteiger charge is -2.24. The van der Waals surface area contributed by atoms with E-state index >= 15 is 0 Å². The number of ether oxygens (including phenoxy) is 1. The van der Waals surface area contributed by atoms with Crippen LogP contribution in [0, 0.1) is 23.0 Å². The van der Waals surface area contributed by atoms with Crippen LogP contribution in [0.25, 0.3) is 0 Å². The van der Waals surface area contributed by atoms with Gasteiger partial charge in [0.1, 0.15) is 5.75 Å². The molecule has 1 fully saturated rings. The van der Waals surface area contributed by atoms with Crippen molar-refractivity contribution in [1.82, 2.24) is 4.90 Å². The number of hydrogen-bond donors (Lipinski definition) is 1. The van der Waals surface area contributed by atoms with Crippen LogP contribution in [0.4, 0.5) is 5.69 Å². The minimum atomic E-state index is -0.985. The number of carbonyl (C=O) groups excluding carboxylic acids is 1. The van der Waals surface area contributed by atoms with E-state index in [1.54, 1.807) is 6.92 Å². The van der Waals surface area contributed by atoms with Gasteiger partial charge in [-0.05, 0) is 25.8 Å². The van der Waals surface area contributed by atoms with Crippen molar-refractivity contribution in [3.63, 3.8) is 0 Å². The van der Waals surface area contributed by atoms with Gasteiger partial charge in [-0.15, -0.1) is 0 Å². The third kappa shape index (κ3) is 3.64. The minimum absolute atomic E-state index is 0.00865. The molecule has 8 heteroatoms. The Bertz CT molecular complexity index is 683. The summed E-state index contributed by atoms with van der Waals surface area (Å²) in [5.74, 6) is -1.85. The standard InChI is InChI=1S/C16H20N2O6/c1-9(16(20)21)8-17(12-4-5-12)15(19)11-6-13(18(22)23)10(2)14(7-11)24-3/h6-7,9,12H,4-5,8H2,1-3H3,(H,20,21). The summed E-state index contributed by atoms with van der Waals surface area (Å²) in [6.45, 7) is 3.16. The molecule has 0 aliphatic heterocycles. The zero-order valence-electron chi connectivity index (χ0n) is 13.8. The molecule has 0 spiro atoms. The lowest BCUT2D eigenvalue weighted by molar-refractivity contribution is -0.385. The number of aliphatic carboxylic acids is 1. The van der Waals surface area contributed by atoms with E-state index in [4.69, 9.17) is 9.84 Å². The Morgan fingerprint density at radius 1 is 1.46 bits per heavy atom. The highest BCUT2D eigenvalue weighted by molar-refractivity contribution is 5.96. The number of amides is 1. The summed E-state index contributed by atoms with van der Waals surface area (Å²) in [6, 6.07) is 2.68. The fourth-order valence-corrected chi connectivity index (χ4v) is 2.52. The molecule has 1 saturated carbocycles.